The van der Waals surface area contributed by atoms with E-state index in [1.165, 1.54) is 12.1 Å². The SMILES string of the molecule is CC(C)N1CCn2nc(C(=O)N3CC[C@@H]3c3ccc(F)cc3)cc2C1. The normalized spacial score (nSPS) is 20.5. The van der Waals surface area contributed by atoms with Crippen LogP contribution in [0.1, 0.15) is 48.1 Å². The lowest BCUT2D eigenvalue weighted by molar-refractivity contribution is 0.0453. The summed E-state index contributed by atoms with van der Waals surface area (Å²) in [4.78, 5) is 17.1. The molecule has 1 atom stereocenters. The van der Waals surface area contributed by atoms with Crippen LogP contribution in [-0.4, -0.2) is 44.6 Å². The van der Waals surface area contributed by atoms with Crippen LogP contribution in [0.3, 0.4) is 0 Å². The molecule has 0 unspecified atom stereocenters. The summed E-state index contributed by atoms with van der Waals surface area (Å²) < 4.78 is 15.1. The summed E-state index contributed by atoms with van der Waals surface area (Å²) in [5.74, 6) is -0.281. The fraction of sp³-hybridized carbons (Fsp3) is 0.474. The molecule has 2 aromatic rings. The summed E-state index contributed by atoms with van der Waals surface area (Å²) in [5, 5.41) is 4.53. The Kier molecular flexibility index (Phi) is 4.07. The van der Waals surface area contributed by atoms with Gasteiger partial charge in [0.05, 0.1) is 18.3 Å². The number of benzene rings is 1. The van der Waals surface area contributed by atoms with Gasteiger partial charge < -0.3 is 4.90 Å². The van der Waals surface area contributed by atoms with Gasteiger partial charge in [0.1, 0.15) is 5.82 Å². The largest absolute Gasteiger partial charge is 0.330 e. The molecular formula is C19H23FN4O. The van der Waals surface area contributed by atoms with E-state index in [1.54, 1.807) is 12.1 Å². The van der Waals surface area contributed by atoms with Gasteiger partial charge in [-0.2, -0.15) is 5.10 Å². The topological polar surface area (TPSA) is 41.4 Å². The second-order valence-corrected chi connectivity index (χ2v) is 7.16. The summed E-state index contributed by atoms with van der Waals surface area (Å²) >= 11 is 0. The smallest absolute Gasteiger partial charge is 0.274 e. The highest BCUT2D eigenvalue weighted by Crippen LogP contribution is 2.34. The average Bonchev–Trinajstić information content (AvgIpc) is 2.99. The van der Waals surface area contributed by atoms with Gasteiger partial charge in [0, 0.05) is 25.7 Å². The van der Waals surface area contributed by atoms with E-state index in [-0.39, 0.29) is 17.8 Å². The highest BCUT2D eigenvalue weighted by Gasteiger charge is 2.35. The summed E-state index contributed by atoms with van der Waals surface area (Å²) in [6, 6.07) is 8.87. The van der Waals surface area contributed by atoms with Crippen LogP contribution in [0.15, 0.2) is 30.3 Å². The zero-order valence-corrected chi connectivity index (χ0v) is 14.7. The number of amides is 1. The van der Waals surface area contributed by atoms with Gasteiger partial charge in [0.25, 0.3) is 5.91 Å². The maximum atomic E-state index is 13.1. The lowest BCUT2D eigenvalue weighted by Crippen LogP contribution is -2.45. The molecule has 1 aromatic carbocycles. The number of halogens is 1. The number of aromatic nitrogens is 2. The molecule has 0 saturated carbocycles. The molecule has 4 rings (SSSR count). The van der Waals surface area contributed by atoms with E-state index in [0.717, 1.165) is 43.9 Å². The second-order valence-electron chi connectivity index (χ2n) is 7.16. The Morgan fingerprint density at radius 2 is 1.96 bits per heavy atom. The highest BCUT2D eigenvalue weighted by atomic mass is 19.1. The van der Waals surface area contributed by atoms with Crippen molar-refractivity contribution in [2.24, 2.45) is 0 Å². The van der Waals surface area contributed by atoms with Crippen LogP contribution < -0.4 is 0 Å². The van der Waals surface area contributed by atoms with Gasteiger partial charge in [0.2, 0.25) is 0 Å². The second kappa shape index (κ2) is 6.26. The first-order valence-corrected chi connectivity index (χ1v) is 8.90. The predicted molar refractivity (Wildman–Crippen MR) is 92.6 cm³/mol. The van der Waals surface area contributed by atoms with Crippen molar-refractivity contribution < 1.29 is 9.18 Å². The highest BCUT2D eigenvalue weighted by molar-refractivity contribution is 5.93. The van der Waals surface area contributed by atoms with Crippen LogP contribution in [-0.2, 0) is 13.1 Å². The van der Waals surface area contributed by atoms with Crippen molar-refractivity contribution in [1.29, 1.82) is 0 Å². The van der Waals surface area contributed by atoms with E-state index in [2.05, 4.69) is 23.8 Å². The Bertz CT molecular complexity index is 783. The minimum Gasteiger partial charge on any atom is -0.330 e. The van der Waals surface area contributed by atoms with Gasteiger partial charge in [-0.05, 0) is 44.0 Å². The van der Waals surface area contributed by atoms with Crippen LogP contribution in [0.5, 0.6) is 0 Å². The molecular weight excluding hydrogens is 319 g/mol. The first-order chi connectivity index (χ1) is 12.0. The molecule has 0 radical (unpaired) electrons. The molecule has 2 aliphatic heterocycles. The average molecular weight is 342 g/mol. The van der Waals surface area contributed by atoms with Gasteiger partial charge in [-0.3, -0.25) is 14.4 Å². The fourth-order valence-electron chi connectivity index (χ4n) is 3.64. The lowest BCUT2D eigenvalue weighted by Gasteiger charge is -2.41. The van der Waals surface area contributed by atoms with E-state index in [0.29, 0.717) is 11.7 Å². The third-order valence-corrected chi connectivity index (χ3v) is 5.31. The monoisotopic (exact) mass is 342 g/mol. The number of hydrogen-bond acceptors (Lipinski definition) is 3. The number of nitrogens with zero attached hydrogens (tertiary/aromatic N) is 4. The van der Waals surface area contributed by atoms with Crippen LogP contribution in [0.2, 0.25) is 0 Å². The Morgan fingerprint density at radius 1 is 1.20 bits per heavy atom. The van der Waals surface area contributed by atoms with Gasteiger partial charge in [-0.25, -0.2) is 4.39 Å². The molecule has 1 fully saturated rings. The van der Waals surface area contributed by atoms with Crippen LogP contribution in [0.4, 0.5) is 4.39 Å². The molecule has 1 aromatic heterocycles. The molecule has 6 heteroatoms. The van der Waals surface area contributed by atoms with E-state index in [9.17, 15) is 9.18 Å². The van der Waals surface area contributed by atoms with Crippen molar-refractivity contribution in [2.45, 2.75) is 45.4 Å². The molecule has 0 aliphatic carbocycles. The Morgan fingerprint density at radius 3 is 2.60 bits per heavy atom. The number of carbonyl (C=O) groups excluding carboxylic acids is 1. The van der Waals surface area contributed by atoms with Gasteiger partial charge in [-0.15, -0.1) is 0 Å². The van der Waals surface area contributed by atoms with E-state index >= 15 is 0 Å². The Hall–Kier alpha value is -2.21. The molecule has 0 spiro atoms. The molecule has 0 N–H and O–H groups in total. The fourth-order valence-corrected chi connectivity index (χ4v) is 3.64. The third-order valence-electron chi connectivity index (χ3n) is 5.31. The van der Waals surface area contributed by atoms with Crippen molar-refractivity contribution in [2.75, 3.05) is 13.1 Å². The third kappa shape index (κ3) is 2.95. The predicted octanol–water partition coefficient (Wildman–Crippen LogP) is 2.83. The summed E-state index contributed by atoms with van der Waals surface area (Å²) in [5.41, 5.74) is 2.60. The van der Waals surface area contributed by atoms with Crippen molar-refractivity contribution >= 4 is 5.91 Å². The maximum Gasteiger partial charge on any atom is 0.274 e. The molecule has 25 heavy (non-hydrogen) atoms. The standard InChI is InChI=1S/C19H23FN4O/c1-13(2)22-9-10-24-16(12-22)11-17(21-24)19(25)23-8-7-18(23)14-3-5-15(20)6-4-14/h3-6,11,13,18H,7-10,12H2,1-2H3/t18-/m1/s1. The first kappa shape index (κ1) is 16.3. The zero-order chi connectivity index (χ0) is 17.6. The molecule has 5 nitrogen and oxygen atoms in total. The molecule has 2 aliphatic rings. The van der Waals surface area contributed by atoms with Crippen LogP contribution >= 0.6 is 0 Å². The maximum absolute atomic E-state index is 13.1. The van der Waals surface area contributed by atoms with Gasteiger partial charge in [0.15, 0.2) is 5.69 Å². The Balaban J connectivity index is 1.51. The summed E-state index contributed by atoms with van der Waals surface area (Å²) in [7, 11) is 0. The van der Waals surface area contributed by atoms with Crippen molar-refractivity contribution in [3.63, 3.8) is 0 Å². The van der Waals surface area contributed by atoms with E-state index in [4.69, 9.17) is 0 Å². The van der Waals surface area contributed by atoms with Crippen molar-refractivity contribution in [1.82, 2.24) is 19.6 Å². The molecule has 1 amide bonds. The van der Waals surface area contributed by atoms with Crippen LogP contribution in [0.25, 0.3) is 0 Å². The number of carbonyl (C=O) groups is 1. The van der Waals surface area contributed by atoms with Gasteiger partial charge in [-0.1, -0.05) is 12.1 Å². The minimum absolute atomic E-state index is 0.0268. The summed E-state index contributed by atoms with van der Waals surface area (Å²) in [6.07, 6.45) is 0.909. The molecule has 1 saturated heterocycles. The minimum atomic E-state index is -0.252. The molecule has 132 valence electrons. The summed E-state index contributed by atoms with van der Waals surface area (Å²) in [6.45, 7) is 7.71. The zero-order valence-electron chi connectivity index (χ0n) is 14.7. The van der Waals surface area contributed by atoms with Crippen molar-refractivity contribution in [3.8, 4) is 0 Å². The van der Waals surface area contributed by atoms with E-state index in [1.807, 2.05) is 15.6 Å². The molecule has 3 heterocycles. The van der Waals surface area contributed by atoms with Crippen LogP contribution in [0, 0.1) is 5.82 Å². The number of rotatable bonds is 3. The quantitative estimate of drug-likeness (QED) is 0.861. The van der Waals surface area contributed by atoms with Crippen molar-refractivity contribution in [3.05, 3.63) is 53.1 Å². The number of likely N-dealkylation sites (tertiary alicyclic amines) is 1. The Labute approximate surface area is 147 Å². The first-order valence-electron chi connectivity index (χ1n) is 8.90. The number of fused-ring (bicyclic) bond motifs is 1. The lowest BCUT2D eigenvalue weighted by atomic mass is 9.94. The van der Waals surface area contributed by atoms with E-state index < -0.39 is 0 Å². The molecule has 0 bridgehead atoms. The number of hydrogen-bond donors (Lipinski definition) is 0. The van der Waals surface area contributed by atoms with Gasteiger partial charge >= 0.3 is 0 Å².